The van der Waals surface area contributed by atoms with E-state index in [1.54, 1.807) is 41.4 Å². The second-order valence-corrected chi connectivity index (χ2v) is 6.81. The average molecular weight is 436 g/mol. The quantitative estimate of drug-likeness (QED) is 0.528. The predicted octanol–water partition coefficient (Wildman–Crippen LogP) is 5.77. The molecule has 0 bridgehead atoms. The van der Waals surface area contributed by atoms with Gasteiger partial charge in [-0.3, -0.25) is 10.4 Å². The number of aliphatic imine (C=N–C) groups is 1. The van der Waals surface area contributed by atoms with Crippen LogP contribution in [0.3, 0.4) is 0 Å². The summed E-state index contributed by atoms with van der Waals surface area (Å²) < 4.78 is 55.4. The van der Waals surface area contributed by atoms with E-state index in [1.807, 2.05) is 0 Å². The van der Waals surface area contributed by atoms with E-state index in [4.69, 9.17) is 11.6 Å². The molecule has 3 aromatic rings. The van der Waals surface area contributed by atoms with Crippen LogP contribution in [0.25, 0.3) is 11.1 Å². The molecule has 0 fully saturated rings. The minimum absolute atomic E-state index is 0.194. The molecule has 0 amide bonds. The molecule has 154 valence electrons. The van der Waals surface area contributed by atoms with Crippen LogP contribution < -0.4 is 15.2 Å². The van der Waals surface area contributed by atoms with E-state index >= 15 is 0 Å². The normalized spacial score (nSPS) is 13.8. The van der Waals surface area contributed by atoms with Gasteiger partial charge in [0.2, 0.25) is 0 Å². The van der Waals surface area contributed by atoms with Crippen LogP contribution in [-0.2, 0) is 0 Å². The first-order valence-electron chi connectivity index (χ1n) is 8.79. The van der Waals surface area contributed by atoms with Gasteiger partial charge in [-0.1, -0.05) is 41.9 Å². The third-order valence-electron chi connectivity index (χ3n) is 4.39. The Bertz CT molecular complexity index is 1080. The molecule has 4 nitrogen and oxygen atoms in total. The Morgan fingerprint density at radius 1 is 0.967 bits per heavy atom. The third kappa shape index (κ3) is 4.33. The van der Waals surface area contributed by atoms with E-state index < -0.39 is 12.2 Å². The van der Waals surface area contributed by atoms with Crippen LogP contribution in [0, 0.1) is 5.82 Å². The van der Waals surface area contributed by atoms with Crippen molar-refractivity contribution in [3.63, 3.8) is 0 Å². The van der Waals surface area contributed by atoms with Gasteiger partial charge in [0.25, 0.3) is 0 Å². The lowest BCUT2D eigenvalue weighted by molar-refractivity contribution is -0.274. The van der Waals surface area contributed by atoms with Crippen LogP contribution in [0.15, 0.2) is 71.7 Å². The molecule has 0 atom stereocenters. The number of nitrogens with zero attached hydrogens (tertiary/aromatic N) is 2. The van der Waals surface area contributed by atoms with Gasteiger partial charge in [-0.15, -0.1) is 13.2 Å². The van der Waals surface area contributed by atoms with Gasteiger partial charge < -0.3 is 4.74 Å². The standard InChI is InChI=1S/C21H14ClF4N3O/c22-17-5-2-6-18(23)19(17)20-27-12-29(28-20)15-9-7-13(8-10-15)14-3-1-4-16(11-14)30-21(24,25)26/h1-11H,12H2,(H,27,28). The molecular weight excluding hydrogens is 422 g/mol. The van der Waals surface area contributed by atoms with Crippen LogP contribution in [-0.4, -0.2) is 18.9 Å². The Morgan fingerprint density at radius 3 is 2.40 bits per heavy atom. The summed E-state index contributed by atoms with van der Waals surface area (Å²) in [4.78, 5) is 4.30. The molecule has 0 spiro atoms. The maximum absolute atomic E-state index is 14.1. The van der Waals surface area contributed by atoms with Gasteiger partial charge in [0.05, 0.1) is 16.3 Å². The summed E-state index contributed by atoms with van der Waals surface area (Å²) in [5, 5.41) is 1.95. The molecular formula is C21H14ClF4N3O. The molecule has 3 aromatic carbocycles. The molecule has 1 N–H and O–H groups in total. The Balaban J connectivity index is 1.50. The van der Waals surface area contributed by atoms with Crippen molar-refractivity contribution in [3.05, 3.63) is 83.1 Å². The van der Waals surface area contributed by atoms with Crippen LogP contribution >= 0.6 is 11.6 Å². The maximum atomic E-state index is 14.1. The van der Waals surface area contributed by atoms with Crippen molar-refractivity contribution >= 4 is 23.1 Å². The summed E-state index contributed by atoms with van der Waals surface area (Å²) in [7, 11) is 0. The van der Waals surface area contributed by atoms with E-state index in [0.29, 0.717) is 17.0 Å². The van der Waals surface area contributed by atoms with Gasteiger partial charge >= 0.3 is 6.36 Å². The third-order valence-corrected chi connectivity index (χ3v) is 4.71. The molecule has 0 aromatic heterocycles. The van der Waals surface area contributed by atoms with Crippen LogP contribution in [0.2, 0.25) is 5.02 Å². The SMILES string of the molecule is Fc1cccc(Cl)c1C1=NCN(c2ccc(-c3cccc(OC(F)(F)F)c3)cc2)N1. The monoisotopic (exact) mass is 435 g/mol. The maximum Gasteiger partial charge on any atom is 0.573 e. The number of ether oxygens (including phenoxy) is 1. The van der Waals surface area contributed by atoms with E-state index in [2.05, 4.69) is 15.2 Å². The fourth-order valence-electron chi connectivity index (χ4n) is 3.05. The summed E-state index contributed by atoms with van der Waals surface area (Å²) in [5.41, 5.74) is 5.24. The van der Waals surface area contributed by atoms with Crippen LogP contribution in [0.1, 0.15) is 5.56 Å². The topological polar surface area (TPSA) is 36.9 Å². The lowest BCUT2D eigenvalue weighted by Crippen LogP contribution is -2.36. The second kappa shape index (κ2) is 7.87. The van der Waals surface area contributed by atoms with Crippen molar-refractivity contribution in [2.75, 3.05) is 11.7 Å². The smallest absolute Gasteiger partial charge is 0.406 e. The molecule has 1 aliphatic rings. The van der Waals surface area contributed by atoms with Crippen molar-refractivity contribution in [2.45, 2.75) is 6.36 Å². The molecule has 9 heteroatoms. The van der Waals surface area contributed by atoms with Gasteiger partial charge in [0, 0.05) is 0 Å². The van der Waals surface area contributed by atoms with Gasteiger partial charge in [-0.25, -0.2) is 9.38 Å². The number of halogens is 5. The highest BCUT2D eigenvalue weighted by molar-refractivity contribution is 6.34. The van der Waals surface area contributed by atoms with Crippen molar-refractivity contribution in [3.8, 4) is 16.9 Å². The van der Waals surface area contributed by atoms with Gasteiger partial charge in [-0.05, 0) is 47.5 Å². The summed E-state index contributed by atoms with van der Waals surface area (Å²) in [5.74, 6) is -0.448. The van der Waals surface area contributed by atoms with E-state index in [9.17, 15) is 17.6 Å². The number of hydrazine groups is 1. The first-order valence-corrected chi connectivity index (χ1v) is 9.17. The second-order valence-electron chi connectivity index (χ2n) is 6.41. The van der Waals surface area contributed by atoms with Crippen molar-refractivity contribution in [2.24, 2.45) is 4.99 Å². The molecule has 1 aliphatic heterocycles. The minimum Gasteiger partial charge on any atom is -0.406 e. The number of rotatable bonds is 4. The van der Waals surface area contributed by atoms with Gasteiger partial charge in [0.1, 0.15) is 18.2 Å². The molecule has 0 radical (unpaired) electrons. The average Bonchev–Trinajstić information content (AvgIpc) is 3.17. The molecule has 1 heterocycles. The Labute approximate surface area is 174 Å². The number of hydrogen-bond acceptors (Lipinski definition) is 4. The van der Waals surface area contributed by atoms with Crippen molar-refractivity contribution < 1.29 is 22.3 Å². The zero-order chi connectivity index (χ0) is 21.3. The summed E-state index contributed by atoms with van der Waals surface area (Å²) in [6.45, 7) is 0.244. The Kier molecular flexibility index (Phi) is 5.26. The first-order chi connectivity index (χ1) is 14.3. The minimum atomic E-state index is -4.75. The number of benzene rings is 3. The fraction of sp³-hybridized carbons (Fsp3) is 0.0952. The van der Waals surface area contributed by atoms with Crippen molar-refractivity contribution in [1.82, 2.24) is 5.43 Å². The zero-order valence-corrected chi connectivity index (χ0v) is 16.0. The van der Waals surface area contributed by atoms with E-state index in [-0.39, 0.29) is 23.0 Å². The molecule has 30 heavy (non-hydrogen) atoms. The van der Waals surface area contributed by atoms with E-state index in [1.165, 1.54) is 30.3 Å². The highest BCUT2D eigenvalue weighted by atomic mass is 35.5. The number of nitrogens with one attached hydrogen (secondary N) is 1. The van der Waals surface area contributed by atoms with Gasteiger partial charge in [0.15, 0.2) is 5.84 Å². The lowest BCUT2D eigenvalue weighted by Gasteiger charge is -2.19. The zero-order valence-electron chi connectivity index (χ0n) is 15.3. The van der Waals surface area contributed by atoms with Crippen LogP contribution in [0.5, 0.6) is 5.75 Å². The number of hydrogen-bond donors (Lipinski definition) is 1. The molecule has 0 saturated heterocycles. The van der Waals surface area contributed by atoms with E-state index in [0.717, 1.165) is 5.69 Å². The molecule has 0 saturated carbocycles. The first kappa shape index (κ1) is 20.0. The van der Waals surface area contributed by atoms with Crippen molar-refractivity contribution in [1.29, 1.82) is 0 Å². The number of amidine groups is 1. The largest absolute Gasteiger partial charge is 0.573 e. The highest BCUT2D eigenvalue weighted by Crippen LogP contribution is 2.29. The number of alkyl halides is 3. The molecule has 0 aliphatic carbocycles. The Hall–Kier alpha value is -3.26. The number of anilines is 1. The Morgan fingerprint density at radius 2 is 1.70 bits per heavy atom. The fourth-order valence-corrected chi connectivity index (χ4v) is 3.30. The summed E-state index contributed by atoms with van der Waals surface area (Å²) in [6, 6.07) is 17.2. The van der Waals surface area contributed by atoms with Crippen LogP contribution in [0.4, 0.5) is 23.2 Å². The molecule has 4 rings (SSSR count). The van der Waals surface area contributed by atoms with Gasteiger partial charge in [-0.2, -0.15) is 0 Å². The lowest BCUT2D eigenvalue weighted by atomic mass is 10.1. The highest BCUT2D eigenvalue weighted by Gasteiger charge is 2.31. The summed E-state index contributed by atoms with van der Waals surface area (Å²) in [6.07, 6.45) is -4.75. The molecule has 0 unspecified atom stereocenters. The predicted molar refractivity (Wildman–Crippen MR) is 107 cm³/mol. The summed E-state index contributed by atoms with van der Waals surface area (Å²) >= 11 is 6.08.